The zero-order valence-electron chi connectivity index (χ0n) is 16.5. The van der Waals surface area contributed by atoms with Crippen LogP contribution < -0.4 is 10.1 Å². The number of carbonyl (C=O) groups is 1. The highest BCUT2D eigenvalue weighted by Gasteiger charge is 2.22. The van der Waals surface area contributed by atoms with Crippen LogP contribution in [0.15, 0.2) is 72.9 Å². The van der Waals surface area contributed by atoms with Gasteiger partial charge in [-0.2, -0.15) is 0 Å². The van der Waals surface area contributed by atoms with Crippen molar-refractivity contribution in [1.29, 1.82) is 0 Å². The Labute approximate surface area is 171 Å². The Morgan fingerprint density at radius 2 is 1.76 bits per heavy atom. The monoisotopic (exact) mass is 387 g/mol. The number of amides is 1. The van der Waals surface area contributed by atoms with E-state index in [0.29, 0.717) is 17.4 Å². The number of nitrogens with zero attached hydrogens (tertiary/aromatic N) is 2. The van der Waals surface area contributed by atoms with Crippen molar-refractivity contribution in [3.05, 3.63) is 78.6 Å². The molecular weight excluding hydrogens is 362 g/mol. The van der Waals surface area contributed by atoms with Crippen LogP contribution in [0.3, 0.4) is 0 Å². The number of likely N-dealkylation sites (tertiary alicyclic amines) is 1. The molecular formula is C24H25N3O2. The Morgan fingerprint density at radius 3 is 2.55 bits per heavy atom. The van der Waals surface area contributed by atoms with Gasteiger partial charge in [-0.25, -0.2) is 0 Å². The predicted octanol–water partition coefficient (Wildman–Crippen LogP) is 5.49. The number of hydrogen-bond donors (Lipinski definition) is 1. The number of para-hydroxylation sites is 3. The minimum atomic E-state index is -0.00521. The summed E-state index contributed by atoms with van der Waals surface area (Å²) >= 11 is 0. The number of nitrogens with one attached hydrogen (secondary N) is 1. The van der Waals surface area contributed by atoms with E-state index in [1.165, 1.54) is 0 Å². The fraction of sp³-hybridized carbons (Fsp3) is 0.250. The molecule has 29 heavy (non-hydrogen) atoms. The Balaban J connectivity index is 1.51. The molecule has 0 aliphatic carbocycles. The second-order valence-corrected chi connectivity index (χ2v) is 7.44. The molecule has 1 fully saturated rings. The number of anilines is 2. The van der Waals surface area contributed by atoms with Crippen LogP contribution in [-0.4, -0.2) is 28.9 Å². The van der Waals surface area contributed by atoms with Crippen molar-refractivity contribution >= 4 is 17.3 Å². The van der Waals surface area contributed by atoms with Crippen molar-refractivity contribution in [2.75, 3.05) is 18.4 Å². The fourth-order valence-corrected chi connectivity index (χ4v) is 3.43. The number of pyridine rings is 1. The standard InChI is InChI=1S/C24H25N3O2/c1-18-12-15-27(16-13-18)24(28)22-17-19(11-14-25-22)26-21-9-5-6-10-23(21)29-20-7-3-2-4-8-20/h2-11,14,17-18H,12-13,15-16H2,1H3,(H,25,26). The van der Waals surface area contributed by atoms with Crippen molar-refractivity contribution in [1.82, 2.24) is 9.88 Å². The summed E-state index contributed by atoms with van der Waals surface area (Å²) in [4.78, 5) is 19.0. The van der Waals surface area contributed by atoms with Gasteiger partial charge in [0.1, 0.15) is 11.4 Å². The Bertz CT molecular complexity index is 967. The molecule has 5 heteroatoms. The fourth-order valence-electron chi connectivity index (χ4n) is 3.43. The Hall–Kier alpha value is -3.34. The van der Waals surface area contributed by atoms with E-state index < -0.39 is 0 Å². The maximum Gasteiger partial charge on any atom is 0.272 e. The minimum absolute atomic E-state index is 0.00521. The number of hydrogen-bond acceptors (Lipinski definition) is 4. The summed E-state index contributed by atoms with van der Waals surface area (Å²) in [6.45, 7) is 3.83. The van der Waals surface area contributed by atoms with E-state index in [1.54, 1.807) is 12.3 Å². The summed E-state index contributed by atoms with van der Waals surface area (Å²) in [7, 11) is 0. The highest BCUT2D eigenvalue weighted by Crippen LogP contribution is 2.31. The number of ether oxygens (including phenoxy) is 1. The highest BCUT2D eigenvalue weighted by atomic mass is 16.5. The molecule has 1 aliphatic rings. The minimum Gasteiger partial charge on any atom is -0.455 e. The van der Waals surface area contributed by atoms with Crippen LogP contribution in [0.25, 0.3) is 0 Å². The molecule has 1 amide bonds. The molecule has 1 N–H and O–H groups in total. The van der Waals surface area contributed by atoms with E-state index in [-0.39, 0.29) is 5.91 Å². The molecule has 1 aliphatic heterocycles. The maximum atomic E-state index is 12.8. The Kier molecular flexibility index (Phi) is 5.75. The van der Waals surface area contributed by atoms with E-state index in [2.05, 4.69) is 17.2 Å². The molecule has 1 aromatic heterocycles. The van der Waals surface area contributed by atoms with Gasteiger partial charge >= 0.3 is 0 Å². The normalized spacial score (nSPS) is 14.4. The molecule has 4 rings (SSSR count). The highest BCUT2D eigenvalue weighted by molar-refractivity contribution is 5.93. The average molecular weight is 387 g/mol. The third-order valence-electron chi connectivity index (χ3n) is 5.19. The summed E-state index contributed by atoms with van der Waals surface area (Å²) in [5.41, 5.74) is 2.09. The molecule has 0 saturated carbocycles. The van der Waals surface area contributed by atoms with Crippen LogP contribution in [0.1, 0.15) is 30.3 Å². The maximum absolute atomic E-state index is 12.8. The molecule has 0 spiro atoms. The van der Waals surface area contributed by atoms with Gasteiger partial charge < -0.3 is 15.0 Å². The van der Waals surface area contributed by atoms with Gasteiger partial charge in [-0.3, -0.25) is 9.78 Å². The number of benzene rings is 2. The lowest BCUT2D eigenvalue weighted by atomic mass is 9.99. The van der Waals surface area contributed by atoms with Gasteiger partial charge in [-0.1, -0.05) is 37.3 Å². The van der Waals surface area contributed by atoms with Gasteiger partial charge in [-0.15, -0.1) is 0 Å². The molecule has 0 bridgehead atoms. The third kappa shape index (κ3) is 4.74. The Morgan fingerprint density at radius 1 is 1.03 bits per heavy atom. The van der Waals surface area contributed by atoms with Crippen molar-refractivity contribution in [3.8, 4) is 11.5 Å². The van der Waals surface area contributed by atoms with E-state index in [9.17, 15) is 4.79 Å². The van der Waals surface area contributed by atoms with Crippen LogP contribution in [0.5, 0.6) is 11.5 Å². The van der Waals surface area contributed by atoms with E-state index >= 15 is 0 Å². The summed E-state index contributed by atoms with van der Waals surface area (Å²) in [6.07, 6.45) is 3.77. The molecule has 0 radical (unpaired) electrons. The molecule has 2 heterocycles. The van der Waals surface area contributed by atoms with Gasteiger partial charge in [0.15, 0.2) is 5.75 Å². The smallest absolute Gasteiger partial charge is 0.272 e. The molecule has 3 aromatic rings. The second-order valence-electron chi connectivity index (χ2n) is 7.44. The number of carbonyl (C=O) groups excluding carboxylic acids is 1. The number of aromatic nitrogens is 1. The average Bonchev–Trinajstić information content (AvgIpc) is 2.76. The first kappa shape index (κ1) is 19.0. The quantitative estimate of drug-likeness (QED) is 0.629. The molecule has 1 saturated heterocycles. The zero-order valence-corrected chi connectivity index (χ0v) is 16.5. The topological polar surface area (TPSA) is 54.5 Å². The summed E-state index contributed by atoms with van der Waals surface area (Å²) in [5.74, 6) is 2.16. The van der Waals surface area contributed by atoms with Crippen molar-refractivity contribution < 1.29 is 9.53 Å². The first-order chi connectivity index (χ1) is 14.2. The van der Waals surface area contributed by atoms with Crippen LogP contribution in [0.4, 0.5) is 11.4 Å². The van der Waals surface area contributed by atoms with E-state index in [1.807, 2.05) is 65.6 Å². The van der Waals surface area contributed by atoms with Crippen LogP contribution in [0, 0.1) is 5.92 Å². The SMILES string of the molecule is CC1CCN(C(=O)c2cc(Nc3ccccc3Oc3ccccc3)ccn2)CC1. The lowest BCUT2D eigenvalue weighted by molar-refractivity contribution is 0.0691. The molecule has 0 atom stereocenters. The van der Waals surface area contributed by atoms with Gasteiger partial charge in [0.05, 0.1) is 5.69 Å². The van der Waals surface area contributed by atoms with Gasteiger partial charge in [0, 0.05) is 25.0 Å². The summed E-state index contributed by atoms with van der Waals surface area (Å²) < 4.78 is 6.01. The van der Waals surface area contributed by atoms with Crippen LogP contribution in [0.2, 0.25) is 0 Å². The lowest BCUT2D eigenvalue weighted by Gasteiger charge is -2.30. The second kappa shape index (κ2) is 8.78. The number of piperidine rings is 1. The van der Waals surface area contributed by atoms with Crippen LogP contribution in [-0.2, 0) is 0 Å². The first-order valence-electron chi connectivity index (χ1n) is 10.0. The molecule has 2 aromatic carbocycles. The molecule has 148 valence electrons. The molecule has 0 unspecified atom stereocenters. The van der Waals surface area contributed by atoms with Gasteiger partial charge in [0.2, 0.25) is 0 Å². The summed E-state index contributed by atoms with van der Waals surface area (Å²) in [6, 6.07) is 21.1. The predicted molar refractivity (Wildman–Crippen MR) is 115 cm³/mol. The largest absolute Gasteiger partial charge is 0.455 e. The van der Waals surface area contributed by atoms with Gasteiger partial charge in [0.25, 0.3) is 5.91 Å². The zero-order chi connectivity index (χ0) is 20.1. The van der Waals surface area contributed by atoms with E-state index in [0.717, 1.165) is 43.1 Å². The first-order valence-corrected chi connectivity index (χ1v) is 10.0. The third-order valence-corrected chi connectivity index (χ3v) is 5.19. The lowest BCUT2D eigenvalue weighted by Crippen LogP contribution is -2.38. The number of rotatable bonds is 5. The van der Waals surface area contributed by atoms with Crippen LogP contribution >= 0.6 is 0 Å². The van der Waals surface area contributed by atoms with Crippen molar-refractivity contribution in [3.63, 3.8) is 0 Å². The molecule has 5 nitrogen and oxygen atoms in total. The van der Waals surface area contributed by atoms with Crippen molar-refractivity contribution in [2.45, 2.75) is 19.8 Å². The summed E-state index contributed by atoms with van der Waals surface area (Å²) in [5, 5.41) is 3.36. The van der Waals surface area contributed by atoms with E-state index in [4.69, 9.17) is 4.74 Å². The van der Waals surface area contributed by atoms with Gasteiger partial charge in [-0.05, 0) is 55.2 Å². The van der Waals surface area contributed by atoms with Crippen molar-refractivity contribution in [2.24, 2.45) is 5.92 Å².